The van der Waals surface area contributed by atoms with Gasteiger partial charge in [0.05, 0.1) is 5.69 Å². The topological polar surface area (TPSA) is 45.4 Å². The highest BCUT2D eigenvalue weighted by atomic mass is 15.3. The van der Waals surface area contributed by atoms with Crippen LogP contribution in [0, 0.1) is 0 Å². The van der Waals surface area contributed by atoms with E-state index in [9.17, 15) is 0 Å². The number of likely N-dealkylation sites (N-methyl/N-ethyl adjacent to an activating group) is 1. The van der Waals surface area contributed by atoms with E-state index in [4.69, 9.17) is 5.73 Å². The van der Waals surface area contributed by atoms with Crippen molar-refractivity contribution in [2.24, 2.45) is 5.73 Å². The summed E-state index contributed by atoms with van der Waals surface area (Å²) in [5.74, 6) is 0. The molecule has 94 valence electrons. The molecule has 2 heterocycles. The Morgan fingerprint density at radius 1 is 1.18 bits per heavy atom. The molecule has 17 heavy (non-hydrogen) atoms. The summed E-state index contributed by atoms with van der Waals surface area (Å²) in [6.45, 7) is 9.57. The minimum absolute atomic E-state index is 0.572. The standard InChI is InChI=1S/C13H22N4/c1-2-16-5-7-17(8-6-16)11-13-4-3-12(9-14)10-15-13/h3-4,10H,2,5-9,11,14H2,1H3. The first-order chi connectivity index (χ1) is 8.31. The highest BCUT2D eigenvalue weighted by Crippen LogP contribution is 2.07. The van der Waals surface area contributed by atoms with Crippen LogP contribution in [0.4, 0.5) is 0 Å². The Balaban J connectivity index is 1.84. The van der Waals surface area contributed by atoms with Crippen LogP contribution in [0.2, 0.25) is 0 Å². The van der Waals surface area contributed by atoms with Crippen molar-refractivity contribution in [2.75, 3.05) is 32.7 Å². The normalized spacial score (nSPS) is 18.5. The quantitative estimate of drug-likeness (QED) is 0.832. The van der Waals surface area contributed by atoms with Gasteiger partial charge in [0.1, 0.15) is 0 Å². The van der Waals surface area contributed by atoms with Crippen molar-refractivity contribution in [3.8, 4) is 0 Å². The van der Waals surface area contributed by atoms with Crippen LogP contribution in [0.3, 0.4) is 0 Å². The molecule has 0 saturated carbocycles. The maximum Gasteiger partial charge on any atom is 0.0544 e. The zero-order chi connectivity index (χ0) is 12.1. The highest BCUT2D eigenvalue weighted by molar-refractivity contribution is 5.13. The van der Waals surface area contributed by atoms with E-state index >= 15 is 0 Å². The van der Waals surface area contributed by atoms with E-state index in [-0.39, 0.29) is 0 Å². The monoisotopic (exact) mass is 234 g/mol. The van der Waals surface area contributed by atoms with Gasteiger partial charge in [0.2, 0.25) is 0 Å². The van der Waals surface area contributed by atoms with Crippen molar-refractivity contribution in [1.29, 1.82) is 0 Å². The van der Waals surface area contributed by atoms with Crippen LogP contribution in [0.1, 0.15) is 18.2 Å². The first kappa shape index (κ1) is 12.5. The fraction of sp³-hybridized carbons (Fsp3) is 0.615. The first-order valence-corrected chi connectivity index (χ1v) is 6.40. The van der Waals surface area contributed by atoms with Gasteiger partial charge in [-0.25, -0.2) is 0 Å². The summed E-state index contributed by atoms with van der Waals surface area (Å²) in [5.41, 5.74) is 7.81. The number of rotatable bonds is 4. The predicted molar refractivity (Wildman–Crippen MR) is 69.5 cm³/mol. The van der Waals surface area contributed by atoms with Gasteiger partial charge < -0.3 is 10.6 Å². The largest absolute Gasteiger partial charge is 0.326 e. The van der Waals surface area contributed by atoms with Gasteiger partial charge in [-0.3, -0.25) is 9.88 Å². The molecule has 0 aromatic carbocycles. The highest BCUT2D eigenvalue weighted by Gasteiger charge is 2.15. The van der Waals surface area contributed by atoms with Crippen LogP contribution < -0.4 is 5.73 Å². The van der Waals surface area contributed by atoms with Crippen LogP contribution in [-0.2, 0) is 13.1 Å². The van der Waals surface area contributed by atoms with Crippen molar-refractivity contribution in [2.45, 2.75) is 20.0 Å². The van der Waals surface area contributed by atoms with Crippen molar-refractivity contribution >= 4 is 0 Å². The molecule has 2 rings (SSSR count). The van der Waals surface area contributed by atoms with Crippen molar-refractivity contribution in [3.63, 3.8) is 0 Å². The van der Waals surface area contributed by atoms with Crippen LogP contribution in [0.25, 0.3) is 0 Å². The number of aromatic nitrogens is 1. The smallest absolute Gasteiger partial charge is 0.0544 e. The molecular weight excluding hydrogens is 212 g/mol. The average molecular weight is 234 g/mol. The molecule has 1 fully saturated rings. The molecule has 0 unspecified atom stereocenters. The van der Waals surface area contributed by atoms with Crippen LogP contribution in [-0.4, -0.2) is 47.5 Å². The maximum atomic E-state index is 5.56. The summed E-state index contributed by atoms with van der Waals surface area (Å²) in [6, 6.07) is 4.17. The lowest BCUT2D eigenvalue weighted by Gasteiger charge is -2.33. The summed E-state index contributed by atoms with van der Waals surface area (Å²) in [7, 11) is 0. The van der Waals surface area contributed by atoms with Crippen molar-refractivity contribution in [1.82, 2.24) is 14.8 Å². The molecular formula is C13H22N4. The van der Waals surface area contributed by atoms with Gasteiger partial charge in [0, 0.05) is 45.5 Å². The van der Waals surface area contributed by atoms with E-state index in [1.807, 2.05) is 6.20 Å². The number of nitrogens with two attached hydrogens (primary N) is 1. The Kier molecular flexibility index (Phi) is 4.48. The third-order valence-electron chi connectivity index (χ3n) is 3.42. The lowest BCUT2D eigenvalue weighted by Crippen LogP contribution is -2.45. The van der Waals surface area contributed by atoms with Crippen LogP contribution >= 0.6 is 0 Å². The van der Waals surface area contributed by atoms with E-state index < -0.39 is 0 Å². The van der Waals surface area contributed by atoms with Crippen LogP contribution in [0.5, 0.6) is 0 Å². The van der Waals surface area contributed by atoms with Gasteiger partial charge in [-0.1, -0.05) is 13.0 Å². The Hall–Kier alpha value is -0.970. The third-order valence-corrected chi connectivity index (χ3v) is 3.42. The van der Waals surface area contributed by atoms with Crippen molar-refractivity contribution in [3.05, 3.63) is 29.6 Å². The van der Waals surface area contributed by atoms with Crippen LogP contribution in [0.15, 0.2) is 18.3 Å². The fourth-order valence-electron chi connectivity index (χ4n) is 2.16. The molecule has 0 aliphatic carbocycles. The predicted octanol–water partition coefficient (Wildman–Crippen LogP) is 0.678. The lowest BCUT2D eigenvalue weighted by molar-refractivity contribution is 0.131. The zero-order valence-electron chi connectivity index (χ0n) is 10.6. The molecule has 0 radical (unpaired) electrons. The number of hydrogen-bond acceptors (Lipinski definition) is 4. The van der Waals surface area contributed by atoms with E-state index in [1.54, 1.807) is 0 Å². The first-order valence-electron chi connectivity index (χ1n) is 6.40. The molecule has 2 N–H and O–H groups in total. The Bertz CT molecular complexity index is 328. The summed E-state index contributed by atoms with van der Waals surface area (Å²) in [6.07, 6.45) is 1.89. The fourth-order valence-corrected chi connectivity index (χ4v) is 2.16. The summed E-state index contributed by atoms with van der Waals surface area (Å²) < 4.78 is 0. The lowest BCUT2D eigenvalue weighted by atomic mass is 10.2. The van der Waals surface area contributed by atoms with E-state index in [0.717, 1.165) is 37.4 Å². The van der Waals surface area contributed by atoms with Gasteiger partial charge in [0.15, 0.2) is 0 Å². The Labute approximate surface area is 103 Å². The Morgan fingerprint density at radius 3 is 2.41 bits per heavy atom. The second-order valence-electron chi connectivity index (χ2n) is 4.57. The van der Waals surface area contributed by atoms with Gasteiger partial charge in [-0.05, 0) is 18.2 Å². The molecule has 0 atom stereocenters. The molecule has 0 bridgehead atoms. The number of nitrogens with zero attached hydrogens (tertiary/aromatic N) is 3. The van der Waals surface area contributed by atoms with Gasteiger partial charge in [0.25, 0.3) is 0 Å². The number of piperazine rings is 1. The molecule has 4 heteroatoms. The van der Waals surface area contributed by atoms with E-state index in [0.29, 0.717) is 6.54 Å². The van der Waals surface area contributed by atoms with Gasteiger partial charge in [-0.15, -0.1) is 0 Å². The maximum absolute atomic E-state index is 5.56. The average Bonchev–Trinajstić information content (AvgIpc) is 2.40. The van der Waals surface area contributed by atoms with Crippen molar-refractivity contribution < 1.29 is 0 Å². The molecule has 1 aliphatic heterocycles. The second-order valence-corrected chi connectivity index (χ2v) is 4.57. The summed E-state index contributed by atoms with van der Waals surface area (Å²) >= 11 is 0. The summed E-state index contributed by atoms with van der Waals surface area (Å²) in [5, 5.41) is 0. The molecule has 0 spiro atoms. The Morgan fingerprint density at radius 2 is 1.88 bits per heavy atom. The van der Waals surface area contributed by atoms with E-state index in [2.05, 4.69) is 33.8 Å². The third kappa shape index (κ3) is 3.49. The molecule has 1 aromatic heterocycles. The second kappa shape index (κ2) is 6.10. The minimum Gasteiger partial charge on any atom is -0.326 e. The molecule has 4 nitrogen and oxygen atoms in total. The molecule has 1 aliphatic rings. The van der Waals surface area contributed by atoms with Gasteiger partial charge >= 0.3 is 0 Å². The number of pyridine rings is 1. The summed E-state index contributed by atoms with van der Waals surface area (Å²) in [4.78, 5) is 9.40. The minimum atomic E-state index is 0.572. The number of hydrogen-bond donors (Lipinski definition) is 1. The SMILES string of the molecule is CCN1CCN(Cc2ccc(CN)cn2)CC1. The molecule has 1 aromatic rings. The molecule has 1 saturated heterocycles. The molecule has 0 amide bonds. The van der Waals surface area contributed by atoms with E-state index in [1.165, 1.54) is 13.1 Å². The zero-order valence-corrected chi connectivity index (χ0v) is 10.6. The van der Waals surface area contributed by atoms with Gasteiger partial charge in [-0.2, -0.15) is 0 Å².